The number of rotatable bonds is 8. The molecule has 0 fully saturated rings. The number of ether oxygens (including phenoxy) is 1. The Kier molecular flexibility index (Phi) is 6.31. The van der Waals surface area contributed by atoms with Gasteiger partial charge in [-0.15, -0.1) is 0 Å². The summed E-state index contributed by atoms with van der Waals surface area (Å²) in [5, 5.41) is 27.1. The van der Waals surface area contributed by atoms with E-state index in [1.54, 1.807) is 0 Å². The Bertz CT molecular complexity index is 389. The zero-order chi connectivity index (χ0) is 14.5. The molecule has 18 heavy (non-hydrogen) atoms. The fraction of sp³-hybridized carbons (Fsp3) is 0.714. The van der Waals surface area contributed by atoms with Gasteiger partial charge in [-0.3, -0.25) is 4.55 Å². The van der Waals surface area contributed by atoms with Crippen LogP contribution in [0.3, 0.4) is 0 Å². The van der Waals surface area contributed by atoms with Gasteiger partial charge in [0.15, 0.2) is 18.5 Å². The summed E-state index contributed by atoms with van der Waals surface area (Å²) in [5.41, 5.74) is 0. The lowest BCUT2D eigenvalue weighted by molar-refractivity contribution is -0.166. The first-order chi connectivity index (χ1) is 8.14. The molecular weight excluding hydrogens is 276 g/mol. The van der Waals surface area contributed by atoms with Crippen LogP contribution >= 0.6 is 0 Å². The van der Waals surface area contributed by atoms with Crippen molar-refractivity contribution in [1.82, 2.24) is 0 Å². The van der Waals surface area contributed by atoms with Crippen molar-refractivity contribution < 1.29 is 46.8 Å². The molecule has 0 rings (SSSR count). The van der Waals surface area contributed by atoms with Crippen LogP contribution in [0.15, 0.2) is 0 Å². The second-order valence-corrected chi connectivity index (χ2v) is 4.15. The molecular formula is C7H12O10S. The summed E-state index contributed by atoms with van der Waals surface area (Å²) in [6.07, 6.45) is -8.50. The largest absolute Gasteiger partial charge is 0.479 e. The third kappa shape index (κ3) is 5.03. The molecule has 0 aliphatic heterocycles. The maximum Gasteiger partial charge on any atom is 0.398 e. The molecule has 0 radical (unpaired) electrons. The minimum absolute atomic E-state index is 0.195. The lowest BCUT2D eigenvalue weighted by atomic mass is 10.0. The minimum Gasteiger partial charge on any atom is -0.479 e. The molecule has 0 spiro atoms. The van der Waals surface area contributed by atoms with E-state index in [2.05, 4.69) is 8.92 Å². The molecule has 0 amide bonds. The molecule has 0 aromatic rings. The number of aliphatic carboxylic acids is 1. The number of carbonyl (C=O) groups is 2. The Balaban J connectivity index is 5.00. The summed E-state index contributed by atoms with van der Waals surface area (Å²) in [6.45, 7) is 0. The van der Waals surface area contributed by atoms with E-state index in [0.717, 1.165) is 7.11 Å². The van der Waals surface area contributed by atoms with Gasteiger partial charge in [0.1, 0.15) is 12.2 Å². The van der Waals surface area contributed by atoms with Crippen LogP contribution in [-0.4, -0.2) is 72.1 Å². The summed E-state index contributed by atoms with van der Waals surface area (Å²) in [4.78, 5) is 21.0. The van der Waals surface area contributed by atoms with Crippen molar-refractivity contribution in [2.45, 2.75) is 24.4 Å². The fourth-order valence-electron chi connectivity index (χ4n) is 1.08. The second kappa shape index (κ2) is 6.72. The van der Waals surface area contributed by atoms with E-state index in [9.17, 15) is 23.1 Å². The van der Waals surface area contributed by atoms with Crippen molar-refractivity contribution in [2.75, 3.05) is 7.11 Å². The molecule has 0 aromatic heterocycles. The second-order valence-electron chi connectivity index (χ2n) is 3.10. The molecule has 4 N–H and O–H groups in total. The SMILES string of the molecule is CO[C@@H]([C@H](O)[C@H](C=O)OS(=O)(=O)O)[C@H](O)C(=O)O. The number of hydrogen-bond donors (Lipinski definition) is 4. The van der Waals surface area contributed by atoms with Crippen molar-refractivity contribution in [1.29, 1.82) is 0 Å². The highest BCUT2D eigenvalue weighted by Gasteiger charge is 2.38. The predicted octanol–water partition coefficient (Wildman–Crippen LogP) is -2.81. The molecule has 0 bridgehead atoms. The van der Waals surface area contributed by atoms with Gasteiger partial charge >= 0.3 is 16.4 Å². The number of aliphatic hydroxyl groups excluding tert-OH is 2. The van der Waals surface area contributed by atoms with Gasteiger partial charge in [-0.25, -0.2) is 8.98 Å². The van der Waals surface area contributed by atoms with Crippen LogP contribution in [0.2, 0.25) is 0 Å². The number of hydrogen-bond acceptors (Lipinski definition) is 8. The Morgan fingerprint density at radius 1 is 1.33 bits per heavy atom. The zero-order valence-corrected chi connectivity index (χ0v) is 9.85. The smallest absolute Gasteiger partial charge is 0.398 e. The topological polar surface area (TPSA) is 168 Å². The normalized spacial score (nSPS) is 18.7. The van der Waals surface area contributed by atoms with E-state index in [1.807, 2.05) is 0 Å². The van der Waals surface area contributed by atoms with Crippen molar-refractivity contribution in [3.63, 3.8) is 0 Å². The standard InChI is InChI=1S/C7H12O10S/c1-16-6(5(10)7(11)12)4(9)3(2-8)17-18(13,14)15/h2-6,9-10H,1H3,(H,11,12)(H,13,14,15)/t3-,4+,5-,6-/m0/s1. The van der Waals surface area contributed by atoms with Crippen LogP contribution in [0, 0.1) is 0 Å². The molecule has 10 nitrogen and oxygen atoms in total. The Labute approximate surface area is 102 Å². The highest BCUT2D eigenvalue weighted by molar-refractivity contribution is 7.80. The molecule has 0 aliphatic carbocycles. The van der Waals surface area contributed by atoms with Crippen LogP contribution in [0.1, 0.15) is 0 Å². The Morgan fingerprint density at radius 2 is 1.83 bits per heavy atom. The molecule has 0 saturated heterocycles. The summed E-state index contributed by atoms with van der Waals surface area (Å²) in [5.74, 6) is -1.77. The van der Waals surface area contributed by atoms with Gasteiger partial charge in [0, 0.05) is 7.11 Å². The molecule has 0 unspecified atom stereocenters. The van der Waals surface area contributed by atoms with Gasteiger partial charge in [0.2, 0.25) is 0 Å². The minimum atomic E-state index is -5.04. The van der Waals surface area contributed by atoms with Crippen molar-refractivity contribution in [3.05, 3.63) is 0 Å². The summed E-state index contributed by atoms with van der Waals surface area (Å²) in [6, 6.07) is 0. The molecule has 0 aromatic carbocycles. The first-order valence-electron chi connectivity index (χ1n) is 4.36. The van der Waals surface area contributed by atoms with Crippen LogP contribution in [0.4, 0.5) is 0 Å². The lowest BCUT2D eigenvalue weighted by Crippen LogP contribution is -2.50. The highest BCUT2D eigenvalue weighted by atomic mass is 32.3. The van der Waals surface area contributed by atoms with E-state index >= 15 is 0 Å². The third-order valence-electron chi connectivity index (χ3n) is 1.88. The van der Waals surface area contributed by atoms with Gasteiger partial charge in [-0.2, -0.15) is 8.42 Å². The molecule has 4 atom stereocenters. The summed E-state index contributed by atoms with van der Waals surface area (Å²) in [7, 11) is -4.13. The van der Waals surface area contributed by atoms with E-state index in [0.29, 0.717) is 0 Å². The Hall–Kier alpha value is -1.11. The molecule has 11 heteroatoms. The van der Waals surface area contributed by atoms with Gasteiger partial charge in [-0.1, -0.05) is 0 Å². The third-order valence-corrected chi connectivity index (χ3v) is 2.34. The average molecular weight is 288 g/mol. The fourth-order valence-corrected chi connectivity index (χ4v) is 1.52. The lowest BCUT2D eigenvalue weighted by Gasteiger charge is -2.26. The van der Waals surface area contributed by atoms with Gasteiger partial charge in [0.05, 0.1) is 0 Å². The number of carboxylic acids is 1. The maximum atomic E-state index is 10.5. The van der Waals surface area contributed by atoms with Gasteiger partial charge < -0.3 is 24.9 Å². The zero-order valence-electron chi connectivity index (χ0n) is 9.03. The van der Waals surface area contributed by atoms with Crippen molar-refractivity contribution in [2.24, 2.45) is 0 Å². The van der Waals surface area contributed by atoms with Crippen molar-refractivity contribution >= 4 is 22.7 Å². The first-order valence-corrected chi connectivity index (χ1v) is 5.73. The van der Waals surface area contributed by atoms with Crippen LogP contribution in [-0.2, 0) is 28.9 Å². The van der Waals surface area contributed by atoms with Crippen LogP contribution < -0.4 is 0 Å². The van der Waals surface area contributed by atoms with E-state index in [1.165, 1.54) is 0 Å². The molecule has 106 valence electrons. The highest BCUT2D eigenvalue weighted by Crippen LogP contribution is 2.12. The molecule has 0 saturated carbocycles. The predicted molar refractivity (Wildman–Crippen MR) is 52.9 cm³/mol. The van der Waals surface area contributed by atoms with Crippen LogP contribution in [0.25, 0.3) is 0 Å². The summed E-state index contributed by atoms with van der Waals surface area (Å²) >= 11 is 0. The Morgan fingerprint density at radius 3 is 2.11 bits per heavy atom. The van der Waals surface area contributed by atoms with Gasteiger partial charge in [0.25, 0.3) is 0 Å². The maximum absolute atomic E-state index is 10.5. The quantitative estimate of drug-likeness (QED) is 0.270. The first kappa shape index (κ1) is 16.9. The van der Waals surface area contributed by atoms with Gasteiger partial charge in [-0.05, 0) is 0 Å². The van der Waals surface area contributed by atoms with Crippen molar-refractivity contribution in [3.8, 4) is 0 Å². The molecule has 0 aliphatic rings. The van der Waals surface area contributed by atoms with E-state index in [-0.39, 0.29) is 6.29 Å². The number of methoxy groups -OCH3 is 1. The molecule has 0 heterocycles. The number of carbonyl (C=O) groups excluding carboxylic acids is 1. The monoisotopic (exact) mass is 288 g/mol. The van der Waals surface area contributed by atoms with E-state index < -0.39 is 40.8 Å². The number of aldehydes is 1. The number of aliphatic hydroxyl groups is 2. The van der Waals surface area contributed by atoms with E-state index in [4.69, 9.17) is 14.8 Å². The average Bonchev–Trinajstić information content (AvgIpc) is 2.25. The number of carboxylic acid groups (broad SMARTS) is 1. The summed E-state index contributed by atoms with van der Waals surface area (Å²) < 4.78 is 37.3. The van der Waals surface area contributed by atoms with Crippen LogP contribution in [0.5, 0.6) is 0 Å².